The lowest BCUT2D eigenvalue weighted by Gasteiger charge is -2.14. The number of carbonyl (C=O) groups excluding carboxylic acids is 1. The second kappa shape index (κ2) is 6.70. The molecule has 0 spiro atoms. The van der Waals surface area contributed by atoms with Gasteiger partial charge >= 0.3 is 0 Å². The van der Waals surface area contributed by atoms with E-state index in [1.54, 1.807) is 19.2 Å². The van der Waals surface area contributed by atoms with E-state index in [2.05, 4.69) is 5.32 Å². The van der Waals surface area contributed by atoms with Crippen LogP contribution in [0.5, 0.6) is 0 Å². The predicted molar refractivity (Wildman–Crippen MR) is 77.9 cm³/mol. The molecule has 3 nitrogen and oxygen atoms in total. The Morgan fingerprint density at radius 2 is 2.05 bits per heavy atom. The molecule has 1 aromatic heterocycles. The summed E-state index contributed by atoms with van der Waals surface area (Å²) in [4.78, 5) is 12.9. The zero-order valence-corrected chi connectivity index (χ0v) is 12.0. The van der Waals surface area contributed by atoms with Crippen molar-refractivity contribution in [3.63, 3.8) is 0 Å². The molecule has 0 aliphatic carbocycles. The van der Waals surface area contributed by atoms with Crippen LogP contribution in [0.1, 0.15) is 21.3 Å². The number of hydrogen-bond donors (Lipinski definition) is 1. The SMILES string of the molecule is COC(CNC(=O)c1ccccc1)c1ccc(Cl)s1. The van der Waals surface area contributed by atoms with Crippen molar-refractivity contribution in [2.75, 3.05) is 13.7 Å². The van der Waals surface area contributed by atoms with Crippen LogP contribution < -0.4 is 5.32 Å². The molecule has 1 heterocycles. The summed E-state index contributed by atoms with van der Waals surface area (Å²) in [6, 6.07) is 12.8. The largest absolute Gasteiger partial charge is 0.374 e. The molecule has 5 heteroatoms. The molecule has 0 fully saturated rings. The van der Waals surface area contributed by atoms with E-state index >= 15 is 0 Å². The molecule has 0 bridgehead atoms. The monoisotopic (exact) mass is 295 g/mol. The molecule has 1 aromatic carbocycles. The quantitative estimate of drug-likeness (QED) is 0.916. The van der Waals surface area contributed by atoms with E-state index in [1.165, 1.54) is 11.3 Å². The number of methoxy groups -OCH3 is 1. The van der Waals surface area contributed by atoms with Gasteiger partial charge in [-0.1, -0.05) is 29.8 Å². The van der Waals surface area contributed by atoms with Crippen molar-refractivity contribution in [1.82, 2.24) is 5.32 Å². The number of rotatable bonds is 5. The molecular formula is C14H14ClNO2S. The van der Waals surface area contributed by atoms with E-state index in [0.717, 1.165) is 4.88 Å². The van der Waals surface area contributed by atoms with Crippen LogP contribution >= 0.6 is 22.9 Å². The first-order chi connectivity index (χ1) is 9.20. The van der Waals surface area contributed by atoms with E-state index in [1.807, 2.05) is 30.3 Å². The van der Waals surface area contributed by atoms with E-state index in [-0.39, 0.29) is 12.0 Å². The number of benzene rings is 1. The first kappa shape index (κ1) is 14.1. The fourth-order valence-electron chi connectivity index (χ4n) is 1.68. The molecule has 1 unspecified atom stereocenters. The lowest BCUT2D eigenvalue weighted by atomic mass is 10.2. The predicted octanol–water partition coefficient (Wildman–Crippen LogP) is 3.52. The third kappa shape index (κ3) is 3.80. The van der Waals surface area contributed by atoms with Gasteiger partial charge in [0.25, 0.3) is 5.91 Å². The van der Waals surface area contributed by atoms with Crippen molar-refractivity contribution in [3.8, 4) is 0 Å². The molecule has 1 N–H and O–H groups in total. The highest BCUT2D eigenvalue weighted by Gasteiger charge is 2.14. The van der Waals surface area contributed by atoms with Crippen LogP contribution in [0.15, 0.2) is 42.5 Å². The van der Waals surface area contributed by atoms with Gasteiger partial charge in [-0.15, -0.1) is 11.3 Å². The molecule has 0 saturated carbocycles. The van der Waals surface area contributed by atoms with Gasteiger partial charge in [0, 0.05) is 24.1 Å². The molecule has 2 aromatic rings. The van der Waals surface area contributed by atoms with Crippen LogP contribution in [0, 0.1) is 0 Å². The topological polar surface area (TPSA) is 38.3 Å². The number of hydrogen-bond acceptors (Lipinski definition) is 3. The second-order valence-corrected chi connectivity index (χ2v) is 5.69. The Labute approximate surface area is 121 Å². The van der Waals surface area contributed by atoms with Crippen molar-refractivity contribution >= 4 is 28.8 Å². The number of thiophene rings is 1. The van der Waals surface area contributed by atoms with Crippen molar-refractivity contribution in [2.45, 2.75) is 6.10 Å². The molecule has 1 amide bonds. The van der Waals surface area contributed by atoms with Crippen LogP contribution in [0.2, 0.25) is 4.34 Å². The summed E-state index contributed by atoms with van der Waals surface area (Å²) < 4.78 is 6.09. The Balaban J connectivity index is 1.95. The van der Waals surface area contributed by atoms with Gasteiger partial charge in [-0.25, -0.2) is 0 Å². The van der Waals surface area contributed by atoms with Gasteiger partial charge < -0.3 is 10.1 Å². The standard InChI is InChI=1S/C14H14ClNO2S/c1-18-11(12-7-8-13(15)19-12)9-16-14(17)10-5-3-2-4-6-10/h2-8,11H,9H2,1H3,(H,16,17). The summed E-state index contributed by atoms with van der Waals surface area (Å²) in [5.41, 5.74) is 0.640. The van der Waals surface area contributed by atoms with Gasteiger partial charge in [0.05, 0.1) is 4.34 Å². The zero-order valence-electron chi connectivity index (χ0n) is 10.4. The summed E-state index contributed by atoms with van der Waals surface area (Å²) in [5, 5.41) is 2.86. The lowest BCUT2D eigenvalue weighted by molar-refractivity contribution is 0.0837. The van der Waals surface area contributed by atoms with Crippen LogP contribution in [0.25, 0.3) is 0 Å². The van der Waals surface area contributed by atoms with Crippen LogP contribution in [0.3, 0.4) is 0 Å². The molecule has 100 valence electrons. The number of ether oxygens (including phenoxy) is 1. The Hall–Kier alpha value is -1.36. The highest BCUT2D eigenvalue weighted by Crippen LogP contribution is 2.28. The van der Waals surface area contributed by atoms with Crippen LogP contribution in [0.4, 0.5) is 0 Å². The van der Waals surface area contributed by atoms with Gasteiger partial charge in [0.15, 0.2) is 0 Å². The molecule has 2 rings (SSSR count). The fourth-order valence-corrected chi connectivity index (χ4v) is 2.82. The van der Waals surface area contributed by atoms with Crippen molar-refractivity contribution in [1.29, 1.82) is 0 Å². The fraction of sp³-hybridized carbons (Fsp3) is 0.214. The van der Waals surface area contributed by atoms with E-state index in [0.29, 0.717) is 16.4 Å². The molecule has 19 heavy (non-hydrogen) atoms. The number of nitrogens with one attached hydrogen (secondary N) is 1. The maximum Gasteiger partial charge on any atom is 0.251 e. The average molecular weight is 296 g/mol. The molecule has 0 saturated heterocycles. The summed E-state index contributed by atoms with van der Waals surface area (Å²) in [6.07, 6.45) is -0.176. The first-order valence-electron chi connectivity index (χ1n) is 5.82. The number of amides is 1. The molecule has 0 aliphatic rings. The summed E-state index contributed by atoms with van der Waals surface area (Å²) in [5.74, 6) is -0.106. The lowest BCUT2D eigenvalue weighted by Crippen LogP contribution is -2.28. The highest BCUT2D eigenvalue weighted by molar-refractivity contribution is 7.16. The second-order valence-electron chi connectivity index (χ2n) is 3.94. The van der Waals surface area contributed by atoms with Gasteiger partial charge in [-0.2, -0.15) is 0 Å². The van der Waals surface area contributed by atoms with Crippen molar-refractivity contribution < 1.29 is 9.53 Å². The maximum atomic E-state index is 11.9. The molecule has 1 atom stereocenters. The Morgan fingerprint density at radius 3 is 2.63 bits per heavy atom. The normalized spacial score (nSPS) is 12.1. The highest BCUT2D eigenvalue weighted by atomic mass is 35.5. The molecule has 0 aliphatic heterocycles. The van der Waals surface area contributed by atoms with E-state index in [4.69, 9.17) is 16.3 Å². The molecule has 0 radical (unpaired) electrons. The van der Waals surface area contributed by atoms with Crippen LogP contribution in [-0.2, 0) is 4.74 Å². The van der Waals surface area contributed by atoms with Gasteiger partial charge in [-0.3, -0.25) is 4.79 Å². The first-order valence-corrected chi connectivity index (χ1v) is 7.01. The van der Waals surface area contributed by atoms with Crippen LogP contribution in [-0.4, -0.2) is 19.6 Å². The summed E-state index contributed by atoms with van der Waals surface area (Å²) >= 11 is 7.35. The third-order valence-corrected chi connectivity index (χ3v) is 4.00. The molecular weight excluding hydrogens is 282 g/mol. The van der Waals surface area contributed by atoms with Gasteiger partial charge in [0.2, 0.25) is 0 Å². The zero-order chi connectivity index (χ0) is 13.7. The minimum absolute atomic E-state index is 0.106. The maximum absolute atomic E-state index is 11.9. The smallest absolute Gasteiger partial charge is 0.251 e. The number of carbonyl (C=O) groups is 1. The average Bonchev–Trinajstić information content (AvgIpc) is 2.87. The third-order valence-electron chi connectivity index (χ3n) is 2.68. The minimum Gasteiger partial charge on any atom is -0.374 e. The van der Waals surface area contributed by atoms with E-state index in [9.17, 15) is 4.79 Å². The van der Waals surface area contributed by atoms with E-state index < -0.39 is 0 Å². The summed E-state index contributed by atoms with van der Waals surface area (Å²) in [6.45, 7) is 0.418. The Morgan fingerprint density at radius 1 is 1.32 bits per heavy atom. The Bertz CT molecular complexity index is 541. The van der Waals surface area contributed by atoms with Crippen molar-refractivity contribution in [3.05, 3.63) is 57.2 Å². The van der Waals surface area contributed by atoms with Gasteiger partial charge in [-0.05, 0) is 24.3 Å². The van der Waals surface area contributed by atoms with Crippen molar-refractivity contribution in [2.24, 2.45) is 0 Å². The number of halogens is 1. The summed E-state index contributed by atoms with van der Waals surface area (Å²) in [7, 11) is 1.62. The minimum atomic E-state index is -0.176. The van der Waals surface area contributed by atoms with Gasteiger partial charge in [0.1, 0.15) is 6.10 Å². The Kier molecular flexibility index (Phi) is 4.96.